The molecule has 1 saturated heterocycles. The second-order valence-corrected chi connectivity index (χ2v) is 4.63. The first-order valence-electron chi connectivity index (χ1n) is 5.94. The topological polar surface area (TPSA) is 29.3 Å². The number of para-hydroxylation sites is 1. The Morgan fingerprint density at radius 1 is 1.50 bits per heavy atom. The van der Waals surface area contributed by atoms with Crippen molar-refractivity contribution >= 4 is 5.69 Å². The zero-order chi connectivity index (χ0) is 11.5. The number of anilines is 1. The molecule has 2 rings (SSSR count). The zero-order valence-electron chi connectivity index (χ0n) is 9.75. The van der Waals surface area contributed by atoms with Crippen molar-refractivity contribution in [3.05, 3.63) is 29.6 Å². The number of nitrogens with two attached hydrogens (primary N) is 1. The lowest BCUT2D eigenvalue weighted by molar-refractivity contribution is 0.616. The fourth-order valence-corrected chi connectivity index (χ4v) is 2.41. The molecule has 16 heavy (non-hydrogen) atoms. The molecule has 1 atom stereocenters. The summed E-state index contributed by atoms with van der Waals surface area (Å²) in [5, 5.41) is 0. The second kappa shape index (κ2) is 4.83. The minimum absolute atomic E-state index is 0.111. The number of nitrogens with zero attached hydrogens (tertiary/aromatic N) is 1. The van der Waals surface area contributed by atoms with Gasteiger partial charge in [-0.3, -0.25) is 0 Å². The Morgan fingerprint density at radius 2 is 2.31 bits per heavy atom. The highest BCUT2D eigenvalue weighted by molar-refractivity contribution is 5.55. The molecule has 1 aromatic carbocycles. The van der Waals surface area contributed by atoms with Crippen LogP contribution in [0.1, 0.15) is 18.9 Å². The van der Waals surface area contributed by atoms with Crippen LogP contribution in [0.4, 0.5) is 10.1 Å². The van der Waals surface area contributed by atoms with E-state index in [4.69, 9.17) is 5.73 Å². The maximum Gasteiger partial charge on any atom is 0.146 e. The van der Waals surface area contributed by atoms with E-state index in [9.17, 15) is 4.39 Å². The molecule has 0 spiro atoms. The van der Waals surface area contributed by atoms with E-state index in [1.807, 2.05) is 6.07 Å². The summed E-state index contributed by atoms with van der Waals surface area (Å²) in [7, 11) is 0. The van der Waals surface area contributed by atoms with E-state index in [2.05, 4.69) is 11.8 Å². The van der Waals surface area contributed by atoms with Gasteiger partial charge in [0.1, 0.15) is 5.82 Å². The van der Waals surface area contributed by atoms with Gasteiger partial charge in [-0.25, -0.2) is 4.39 Å². The molecule has 3 heteroatoms. The van der Waals surface area contributed by atoms with Crippen molar-refractivity contribution in [1.82, 2.24) is 0 Å². The summed E-state index contributed by atoms with van der Waals surface area (Å²) < 4.78 is 13.9. The number of rotatable bonds is 3. The summed E-state index contributed by atoms with van der Waals surface area (Å²) in [6.07, 6.45) is 1.90. The highest BCUT2D eigenvalue weighted by Gasteiger charge is 2.23. The third-order valence-electron chi connectivity index (χ3n) is 3.22. The molecule has 0 amide bonds. The summed E-state index contributed by atoms with van der Waals surface area (Å²) in [6, 6.07) is 5.29. The zero-order valence-corrected chi connectivity index (χ0v) is 9.75. The van der Waals surface area contributed by atoms with Crippen LogP contribution in [0.15, 0.2) is 18.2 Å². The summed E-state index contributed by atoms with van der Waals surface area (Å²) in [5.41, 5.74) is 7.38. The van der Waals surface area contributed by atoms with Crippen LogP contribution in [0.25, 0.3) is 0 Å². The highest BCUT2D eigenvalue weighted by atomic mass is 19.1. The predicted molar refractivity (Wildman–Crippen MR) is 65.2 cm³/mol. The van der Waals surface area contributed by atoms with Gasteiger partial charge in [0, 0.05) is 13.1 Å². The normalized spacial score (nSPS) is 20.4. The van der Waals surface area contributed by atoms with Gasteiger partial charge in [-0.15, -0.1) is 0 Å². The molecular weight excluding hydrogens is 203 g/mol. The van der Waals surface area contributed by atoms with Crippen molar-refractivity contribution < 1.29 is 4.39 Å². The Kier molecular flexibility index (Phi) is 3.44. The van der Waals surface area contributed by atoms with E-state index in [0.29, 0.717) is 12.5 Å². The average Bonchev–Trinajstić information content (AvgIpc) is 2.65. The van der Waals surface area contributed by atoms with Gasteiger partial charge in [-0.1, -0.05) is 19.1 Å². The van der Waals surface area contributed by atoms with Gasteiger partial charge in [0.05, 0.1) is 5.69 Å². The first kappa shape index (κ1) is 11.4. The largest absolute Gasteiger partial charge is 0.369 e. The van der Waals surface area contributed by atoms with Crippen LogP contribution in [0.3, 0.4) is 0 Å². The van der Waals surface area contributed by atoms with E-state index in [1.165, 1.54) is 0 Å². The van der Waals surface area contributed by atoms with Crippen LogP contribution in [0, 0.1) is 11.7 Å². The van der Waals surface area contributed by atoms with Gasteiger partial charge in [-0.05, 0) is 36.9 Å². The van der Waals surface area contributed by atoms with Gasteiger partial charge in [-0.2, -0.15) is 0 Å². The van der Waals surface area contributed by atoms with E-state index in [-0.39, 0.29) is 5.82 Å². The molecule has 0 radical (unpaired) electrons. The lowest BCUT2D eigenvalue weighted by atomic mass is 10.1. The van der Waals surface area contributed by atoms with Gasteiger partial charge in [0.15, 0.2) is 0 Å². The predicted octanol–water partition coefficient (Wildman–Crippen LogP) is 2.17. The van der Waals surface area contributed by atoms with Crippen LogP contribution in [-0.2, 0) is 6.42 Å². The molecule has 1 fully saturated rings. The number of benzene rings is 1. The molecule has 1 unspecified atom stereocenters. The van der Waals surface area contributed by atoms with E-state index in [0.717, 1.165) is 37.2 Å². The van der Waals surface area contributed by atoms with E-state index >= 15 is 0 Å². The van der Waals surface area contributed by atoms with Crippen molar-refractivity contribution in [1.29, 1.82) is 0 Å². The fraction of sp³-hybridized carbons (Fsp3) is 0.538. The van der Waals surface area contributed by atoms with E-state index in [1.54, 1.807) is 12.1 Å². The number of hydrogen-bond acceptors (Lipinski definition) is 2. The van der Waals surface area contributed by atoms with Crippen molar-refractivity contribution in [3.63, 3.8) is 0 Å². The highest BCUT2D eigenvalue weighted by Crippen LogP contribution is 2.29. The van der Waals surface area contributed by atoms with Crippen LogP contribution in [0.2, 0.25) is 0 Å². The average molecular weight is 222 g/mol. The maximum atomic E-state index is 13.9. The molecule has 88 valence electrons. The van der Waals surface area contributed by atoms with Gasteiger partial charge < -0.3 is 10.6 Å². The van der Waals surface area contributed by atoms with Crippen molar-refractivity contribution in [2.75, 3.05) is 24.5 Å². The van der Waals surface area contributed by atoms with Crippen molar-refractivity contribution in [2.24, 2.45) is 11.7 Å². The Balaban J connectivity index is 2.30. The Bertz CT molecular complexity index is 365. The van der Waals surface area contributed by atoms with E-state index < -0.39 is 0 Å². The summed E-state index contributed by atoms with van der Waals surface area (Å²) in [5.74, 6) is 0.547. The van der Waals surface area contributed by atoms with Gasteiger partial charge in [0.2, 0.25) is 0 Å². The third-order valence-corrected chi connectivity index (χ3v) is 3.22. The lowest BCUT2D eigenvalue weighted by Gasteiger charge is -2.22. The Hall–Kier alpha value is -1.09. The minimum atomic E-state index is -0.111. The second-order valence-electron chi connectivity index (χ2n) is 4.63. The quantitative estimate of drug-likeness (QED) is 0.849. The molecule has 1 aromatic rings. The van der Waals surface area contributed by atoms with Crippen LogP contribution in [0.5, 0.6) is 0 Å². The molecule has 1 heterocycles. The summed E-state index contributed by atoms with van der Waals surface area (Å²) >= 11 is 0. The molecule has 0 bridgehead atoms. The van der Waals surface area contributed by atoms with Gasteiger partial charge in [0.25, 0.3) is 0 Å². The van der Waals surface area contributed by atoms with Crippen molar-refractivity contribution in [3.8, 4) is 0 Å². The molecule has 0 aromatic heterocycles. The Labute approximate surface area is 96.2 Å². The standard InChI is InChI=1S/C13H19FN2/c1-10-6-8-16(9-10)13-11(5-7-15)3-2-4-12(13)14/h2-4,10H,5-9,15H2,1H3. The maximum absolute atomic E-state index is 13.9. The molecular formula is C13H19FN2. The summed E-state index contributed by atoms with van der Waals surface area (Å²) in [4.78, 5) is 2.16. The van der Waals surface area contributed by atoms with Crippen molar-refractivity contribution in [2.45, 2.75) is 19.8 Å². The molecule has 0 aliphatic carbocycles. The lowest BCUT2D eigenvalue weighted by Crippen LogP contribution is -2.22. The number of halogens is 1. The molecule has 1 aliphatic rings. The minimum Gasteiger partial charge on any atom is -0.369 e. The summed E-state index contributed by atoms with van der Waals surface area (Å²) in [6.45, 7) is 4.70. The molecule has 2 nitrogen and oxygen atoms in total. The first-order valence-corrected chi connectivity index (χ1v) is 5.94. The third kappa shape index (κ3) is 2.19. The van der Waals surface area contributed by atoms with Crippen LogP contribution < -0.4 is 10.6 Å². The fourth-order valence-electron chi connectivity index (χ4n) is 2.41. The molecule has 2 N–H and O–H groups in total. The monoisotopic (exact) mass is 222 g/mol. The number of hydrogen-bond donors (Lipinski definition) is 1. The Morgan fingerprint density at radius 3 is 2.94 bits per heavy atom. The van der Waals surface area contributed by atoms with Crippen LogP contribution >= 0.6 is 0 Å². The first-order chi connectivity index (χ1) is 7.72. The molecule has 0 saturated carbocycles. The SMILES string of the molecule is CC1CCN(c2c(F)cccc2CCN)C1. The molecule has 1 aliphatic heterocycles. The van der Waals surface area contributed by atoms with Crippen LogP contribution in [-0.4, -0.2) is 19.6 Å². The van der Waals surface area contributed by atoms with Gasteiger partial charge >= 0.3 is 0 Å². The smallest absolute Gasteiger partial charge is 0.146 e.